The quantitative estimate of drug-likeness (QED) is 0.244. The van der Waals surface area contributed by atoms with Gasteiger partial charge in [-0.3, -0.25) is 0 Å². The Hall–Kier alpha value is -1.80. The lowest BCUT2D eigenvalue weighted by molar-refractivity contribution is 0.00578. The van der Waals surface area contributed by atoms with Crippen LogP contribution in [-0.2, 0) is 20.3 Å². The maximum absolute atomic E-state index is 6.29. The number of hydrogen-bond donors (Lipinski definition) is 0. The number of benzene rings is 2. The van der Waals surface area contributed by atoms with Crippen molar-refractivity contribution in [2.45, 2.75) is 104 Å². The largest absolute Gasteiger partial charge is 0.494 e. The van der Waals surface area contributed by atoms with Gasteiger partial charge in [0.25, 0.3) is 0 Å². The minimum atomic E-state index is -1.78. The lowest BCUT2D eigenvalue weighted by Crippen LogP contribution is -2.41. The predicted octanol–water partition coefficient (Wildman–Crippen LogP) is 7.09. The summed E-state index contributed by atoms with van der Waals surface area (Å²) in [6.07, 6.45) is 0. The molecule has 204 valence electrons. The van der Waals surface area contributed by atoms with E-state index in [9.17, 15) is 0 Å². The SMILES string of the molecule is CC(C)c1ccc(COc2ccc(B3OC(C)(C)C(C)(C)O3)cc2)cc1OCCO[Si](C)(C)C(C)(C)C. The molecule has 1 aliphatic rings. The molecule has 1 aliphatic heterocycles. The second-order valence-corrected chi connectivity index (χ2v) is 17.7. The standard InChI is InChI=1S/C30H47BO5Si/c1-22(2)26-17-12-23(20-27(26)32-18-19-34-37(10,11)28(3,4)5)21-33-25-15-13-24(14-16-25)31-35-29(6,7)30(8,9)36-31/h12-17,20,22H,18-19,21H2,1-11H3. The van der Waals surface area contributed by atoms with Gasteiger partial charge in [-0.05, 0) is 86.5 Å². The van der Waals surface area contributed by atoms with Crippen LogP contribution < -0.4 is 14.9 Å². The highest BCUT2D eigenvalue weighted by Gasteiger charge is 2.51. The van der Waals surface area contributed by atoms with E-state index in [0.29, 0.717) is 25.7 Å². The summed E-state index contributed by atoms with van der Waals surface area (Å²) < 4.78 is 30.9. The first-order valence-electron chi connectivity index (χ1n) is 13.5. The van der Waals surface area contributed by atoms with E-state index >= 15 is 0 Å². The molecular formula is C30H47BO5Si. The van der Waals surface area contributed by atoms with Crippen molar-refractivity contribution < 1.29 is 23.2 Å². The Bertz CT molecular complexity index is 1020. The molecule has 0 radical (unpaired) electrons. The van der Waals surface area contributed by atoms with Crippen LogP contribution in [0, 0.1) is 0 Å². The smallest absolute Gasteiger partial charge is 0.491 e. The maximum atomic E-state index is 6.29. The highest BCUT2D eigenvalue weighted by Crippen LogP contribution is 2.37. The van der Waals surface area contributed by atoms with Gasteiger partial charge in [0.2, 0.25) is 0 Å². The molecule has 3 rings (SSSR count). The summed E-state index contributed by atoms with van der Waals surface area (Å²) in [5.74, 6) is 2.08. The van der Waals surface area contributed by atoms with Gasteiger partial charge in [-0.15, -0.1) is 0 Å². The van der Waals surface area contributed by atoms with Crippen LogP contribution in [0.3, 0.4) is 0 Å². The summed E-state index contributed by atoms with van der Waals surface area (Å²) in [6, 6.07) is 14.3. The lowest BCUT2D eigenvalue weighted by atomic mass is 9.79. The Labute approximate surface area is 226 Å². The van der Waals surface area contributed by atoms with E-state index in [2.05, 4.69) is 93.6 Å². The summed E-state index contributed by atoms with van der Waals surface area (Å²) in [7, 11) is -2.15. The van der Waals surface area contributed by atoms with Crippen LogP contribution in [0.15, 0.2) is 42.5 Å². The molecule has 2 aromatic carbocycles. The molecule has 5 nitrogen and oxygen atoms in total. The molecule has 0 saturated carbocycles. The van der Waals surface area contributed by atoms with Crippen LogP contribution in [0.2, 0.25) is 18.1 Å². The second kappa shape index (κ2) is 11.1. The molecule has 1 heterocycles. The van der Waals surface area contributed by atoms with Crippen molar-refractivity contribution in [1.82, 2.24) is 0 Å². The van der Waals surface area contributed by atoms with Crippen molar-refractivity contribution in [3.63, 3.8) is 0 Å². The summed E-state index contributed by atoms with van der Waals surface area (Å²) in [5, 5.41) is 0.190. The van der Waals surface area contributed by atoms with Gasteiger partial charge in [0.1, 0.15) is 24.7 Å². The normalized spacial score (nSPS) is 17.4. The van der Waals surface area contributed by atoms with E-state index < -0.39 is 8.32 Å². The zero-order chi connectivity index (χ0) is 27.6. The van der Waals surface area contributed by atoms with E-state index in [1.165, 1.54) is 5.56 Å². The third kappa shape index (κ3) is 7.20. The van der Waals surface area contributed by atoms with Crippen molar-refractivity contribution in [3.8, 4) is 11.5 Å². The van der Waals surface area contributed by atoms with E-state index in [-0.39, 0.29) is 23.4 Å². The topological polar surface area (TPSA) is 46.2 Å². The van der Waals surface area contributed by atoms with Crippen LogP contribution in [0.5, 0.6) is 11.5 Å². The molecular weight excluding hydrogens is 479 g/mol. The molecule has 0 N–H and O–H groups in total. The molecule has 0 amide bonds. The van der Waals surface area contributed by atoms with E-state index in [1.807, 2.05) is 24.3 Å². The fourth-order valence-electron chi connectivity index (χ4n) is 3.80. The van der Waals surface area contributed by atoms with Crippen LogP contribution in [0.1, 0.15) is 79.4 Å². The highest BCUT2D eigenvalue weighted by molar-refractivity contribution is 6.74. The van der Waals surface area contributed by atoms with Crippen molar-refractivity contribution in [3.05, 3.63) is 53.6 Å². The molecule has 1 fully saturated rings. The van der Waals surface area contributed by atoms with Crippen molar-refractivity contribution in [1.29, 1.82) is 0 Å². The van der Waals surface area contributed by atoms with Gasteiger partial charge in [0.15, 0.2) is 8.32 Å². The molecule has 7 heteroatoms. The summed E-state index contributed by atoms with van der Waals surface area (Å²) in [4.78, 5) is 0. The van der Waals surface area contributed by atoms with E-state index in [4.69, 9.17) is 23.2 Å². The minimum Gasteiger partial charge on any atom is -0.491 e. The molecule has 2 aromatic rings. The minimum absolute atomic E-state index is 0.190. The fourth-order valence-corrected chi connectivity index (χ4v) is 4.83. The Morgan fingerprint density at radius 2 is 1.46 bits per heavy atom. The molecule has 0 aliphatic carbocycles. The van der Waals surface area contributed by atoms with Gasteiger partial charge in [-0.25, -0.2) is 0 Å². The first kappa shape index (κ1) is 29.8. The summed E-state index contributed by atoms with van der Waals surface area (Å²) in [6.45, 7) is 25.5. The van der Waals surface area contributed by atoms with Gasteiger partial charge >= 0.3 is 7.12 Å². The Morgan fingerprint density at radius 1 is 0.865 bits per heavy atom. The third-order valence-electron chi connectivity index (χ3n) is 8.12. The van der Waals surface area contributed by atoms with Crippen LogP contribution in [-0.4, -0.2) is 39.9 Å². The average Bonchev–Trinajstić information content (AvgIpc) is 3.01. The molecule has 0 bridgehead atoms. The van der Waals surface area contributed by atoms with E-state index in [1.54, 1.807) is 0 Å². The number of hydrogen-bond acceptors (Lipinski definition) is 5. The molecule has 0 unspecified atom stereocenters. The van der Waals surface area contributed by atoms with E-state index in [0.717, 1.165) is 22.5 Å². The first-order chi connectivity index (χ1) is 17.0. The Balaban J connectivity index is 1.59. The van der Waals surface area contributed by atoms with Crippen LogP contribution in [0.4, 0.5) is 0 Å². The predicted molar refractivity (Wildman–Crippen MR) is 156 cm³/mol. The summed E-state index contributed by atoms with van der Waals surface area (Å²) >= 11 is 0. The Kier molecular flexibility index (Phi) is 8.95. The fraction of sp³-hybridized carbons (Fsp3) is 0.600. The molecule has 0 aromatic heterocycles. The zero-order valence-corrected chi connectivity index (χ0v) is 25.9. The molecule has 0 spiro atoms. The highest BCUT2D eigenvalue weighted by atomic mass is 28.4. The van der Waals surface area contributed by atoms with Crippen LogP contribution >= 0.6 is 0 Å². The van der Waals surface area contributed by atoms with Crippen molar-refractivity contribution >= 4 is 20.9 Å². The molecule has 1 saturated heterocycles. The van der Waals surface area contributed by atoms with Crippen molar-refractivity contribution in [2.24, 2.45) is 0 Å². The second-order valence-electron chi connectivity index (χ2n) is 12.9. The molecule has 0 atom stereocenters. The molecule has 37 heavy (non-hydrogen) atoms. The van der Waals surface area contributed by atoms with Gasteiger partial charge in [0.05, 0.1) is 17.8 Å². The maximum Gasteiger partial charge on any atom is 0.494 e. The summed E-state index contributed by atoms with van der Waals surface area (Å²) in [5.41, 5.74) is 2.54. The number of rotatable bonds is 10. The lowest BCUT2D eigenvalue weighted by Gasteiger charge is -2.36. The van der Waals surface area contributed by atoms with Gasteiger partial charge in [0, 0.05) is 0 Å². The number of ether oxygens (including phenoxy) is 2. The third-order valence-corrected chi connectivity index (χ3v) is 12.7. The van der Waals surface area contributed by atoms with Gasteiger partial charge in [-0.2, -0.15) is 0 Å². The van der Waals surface area contributed by atoms with Crippen molar-refractivity contribution in [2.75, 3.05) is 13.2 Å². The zero-order valence-electron chi connectivity index (χ0n) is 24.9. The first-order valence-corrected chi connectivity index (χ1v) is 16.4. The monoisotopic (exact) mass is 526 g/mol. The van der Waals surface area contributed by atoms with Crippen LogP contribution in [0.25, 0.3) is 0 Å². The van der Waals surface area contributed by atoms with Gasteiger partial charge in [-0.1, -0.05) is 58.9 Å². The Morgan fingerprint density at radius 3 is 2.00 bits per heavy atom. The average molecular weight is 527 g/mol. The van der Waals surface area contributed by atoms with Gasteiger partial charge < -0.3 is 23.2 Å².